The molecule has 1 aliphatic rings. The Labute approximate surface area is 171 Å². The minimum atomic E-state index is -3.18. The Morgan fingerprint density at radius 1 is 1.17 bits per heavy atom. The van der Waals surface area contributed by atoms with E-state index in [2.05, 4.69) is 5.32 Å². The number of carbonyl (C=O) groups is 2. The van der Waals surface area contributed by atoms with Crippen molar-refractivity contribution < 1.29 is 32.2 Å². The second kappa shape index (κ2) is 10.4. The van der Waals surface area contributed by atoms with Gasteiger partial charge >= 0.3 is 11.8 Å². The van der Waals surface area contributed by atoms with E-state index in [4.69, 9.17) is 14.2 Å². The summed E-state index contributed by atoms with van der Waals surface area (Å²) in [6.45, 7) is 0.640. The third kappa shape index (κ3) is 6.33. The van der Waals surface area contributed by atoms with Crippen LogP contribution >= 0.6 is 0 Å². The minimum absolute atomic E-state index is 0.0232. The van der Waals surface area contributed by atoms with Gasteiger partial charge in [-0.05, 0) is 30.5 Å². The van der Waals surface area contributed by atoms with Gasteiger partial charge in [0.2, 0.25) is 0 Å². The van der Waals surface area contributed by atoms with Gasteiger partial charge in [0.1, 0.15) is 0 Å². The number of sulfone groups is 1. The smallest absolute Gasteiger partial charge is 0.312 e. The van der Waals surface area contributed by atoms with Crippen molar-refractivity contribution >= 4 is 21.7 Å². The zero-order valence-electron chi connectivity index (χ0n) is 17.0. The maximum Gasteiger partial charge on any atom is 0.312 e. The summed E-state index contributed by atoms with van der Waals surface area (Å²) in [4.78, 5) is 26.2. The number of nitrogens with zero attached hydrogens (tertiary/aromatic N) is 1. The summed E-state index contributed by atoms with van der Waals surface area (Å²) < 4.78 is 38.9. The highest BCUT2D eigenvalue weighted by molar-refractivity contribution is 7.91. The molecular formula is C19H28N2O7S. The predicted octanol–water partition coefficient (Wildman–Crippen LogP) is 0.0246. The van der Waals surface area contributed by atoms with E-state index in [1.165, 1.54) is 12.0 Å². The Bertz CT molecular complexity index is 826. The third-order valence-electron chi connectivity index (χ3n) is 4.79. The van der Waals surface area contributed by atoms with Gasteiger partial charge in [-0.1, -0.05) is 6.07 Å². The molecule has 1 atom stereocenters. The molecule has 10 heteroatoms. The van der Waals surface area contributed by atoms with E-state index in [9.17, 15) is 18.0 Å². The van der Waals surface area contributed by atoms with Crippen LogP contribution in [0.2, 0.25) is 0 Å². The Hall–Kier alpha value is -2.33. The maximum atomic E-state index is 12.6. The van der Waals surface area contributed by atoms with Crippen LogP contribution in [0, 0.1) is 0 Å². The van der Waals surface area contributed by atoms with Crippen LogP contribution in [0.4, 0.5) is 0 Å². The first-order chi connectivity index (χ1) is 13.8. The molecule has 29 heavy (non-hydrogen) atoms. The van der Waals surface area contributed by atoms with Crippen molar-refractivity contribution in [3.8, 4) is 11.5 Å². The van der Waals surface area contributed by atoms with E-state index in [0.29, 0.717) is 24.3 Å². The average molecular weight is 429 g/mol. The molecule has 1 fully saturated rings. The molecule has 162 valence electrons. The monoisotopic (exact) mass is 428 g/mol. The lowest BCUT2D eigenvalue weighted by Crippen LogP contribution is -2.50. The van der Waals surface area contributed by atoms with Gasteiger partial charge in [-0.3, -0.25) is 9.59 Å². The summed E-state index contributed by atoms with van der Waals surface area (Å²) in [5, 5.41) is 2.61. The molecule has 0 spiro atoms. The molecule has 2 amide bonds. The number of benzene rings is 1. The van der Waals surface area contributed by atoms with Crippen molar-refractivity contribution in [2.75, 3.05) is 52.5 Å². The van der Waals surface area contributed by atoms with Gasteiger partial charge in [-0.15, -0.1) is 0 Å². The lowest BCUT2D eigenvalue weighted by Gasteiger charge is -2.27. The van der Waals surface area contributed by atoms with E-state index < -0.39 is 27.7 Å². The van der Waals surface area contributed by atoms with Crippen LogP contribution in [0.3, 0.4) is 0 Å². The highest BCUT2D eigenvalue weighted by Gasteiger charge is 2.36. The summed E-state index contributed by atoms with van der Waals surface area (Å²) in [7, 11) is 1.40. The van der Waals surface area contributed by atoms with Crippen LogP contribution in [0.5, 0.6) is 11.5 Å². The van der Waals surface area contributed by atoms with E-state index >= 15 is 0 Å². The lowest BCUT2D eigenvalue weighted by molar-refractivity contribution is -0.147. The molecule has 1 unspecified atom stereocenters. The Balaban J connectivity index is 1.94. The fraction of sp³-hybridized carbons (Fsp3) is 0.579. The van der Waals surface area contributed by atoms with Gasteiger partial charge < -0.3 is 24.4 Å². The molecule has 2 rings (SSSR count). The van der Waals surface area contributed by atoms with Crippen LogP contribution in [-0.4, -0.2) is 83.7 Å². The molecule has 1 aromatic carbocycles. The lowest BCUT2D eigenvalue weighted by atomic mass is 10.1. The Kier molecular flexibility index (Phi) is 8.27. The molecular weight excluding hydrogens is 400 g/mol. The normalized spacial score (nSPS) is 17.6. The highest BCUT2D eigenvalue weighted by atomic mass is 32.2. The van der Waals surface area contributed by atoms with Crippen LogP contribution in [-0.2, 0) is 30.6 Å². The van der Waals surface area contributed by atoms with E-state index in [0.717, 1.165) is 5.56 Å². The molecule has 1 saturated heterocycles. The van der Waals surface area contributed by atoms with Crippen molar-refractivity contribution in [1.82, 2.24) is 10.2 Å². The minimum Gasteiger partial charge on any atom is -0.493 e. The molecule has 0 aliphatic carbocycles. The number of amides is 2. The molecule has 1 N–H and O–H groups in total. The summed E-state index contributed by atoms with van der Waals surface area (Å²) in [5.41, 5.74) is 0.911. The SMILES string of the molecule is COCCN(C(=O)C(=O)NCCc1ccc(OC)c(OC)c1)C1CCS(=O)(=O)C1. The highest BCUT2D eigenvalue weighted by Crippen LogP contribution is 2.27. The van der Waals surface area contributed by atoms with Crippen molar-refractivity contribution in [2.45, 2.75) is 18.9 Å². The van der Waals surface area contributed by atoms with Crippen LogP contribution in [0.1, 0.15) is 12.0 Å². The molecule has 1 heterocycles. The average Bonchev–Trinajstić information content (AvgIpc) is 3.07. The second-order valence-electron chi connectivity index (χ2n) is 6.74. The number of nitrogens with one attached hydrogen (secondary N) is 1. The molecule has 0 bridgehead atoms. The topological polar surface area (TPSA) is 111 Å². The molecule has 0 saturated carbocycles. The van der Waals surface area contributed by atoms with E-state index in [1.54, 1.807) is 26.4 Å². The van der Waals surface area contributed by atoms with Gasteiger partial charge in [-0.25, -0.2) is 8.42 Å². The van der Waals surface area contributed by atoms with Crippen LogP contribution in [0.15, 0.2) is 18.2 Å². The first-order valence-corrected chi connectivity index (χ1v) is 11.1. The summed E-state index contributed by atoms with van der Waals surface area (Å²) in [5.74, 6) is -0.407. The zero-order valence-corrected chi connectivity index (χ0v) is 17.8. The number of carbonyl (C=O) groups excluding carboxylic acids is 2. The van der Waals surface area contributed by atoms with Gasteiger partial charge in [0.05, 0.1) is 32.3 Å². The second-order valence-corrected chi connectivity index (χ2v) is 8.97. The number of hydrogen-bond acceptors (Lipinski definition) is 7. The van der Waals surface area contributed by atoms with Crippen molar-refractivity contribution in [2.24, 2.45) is 0 Å². The largest absolute Gasteiger partial charge is 0.493 e. The molecule has 0 aromatic heterocycles. The Morgan fingerprint density at radius 3 is 2.48 bits per heavy atom. The molecule has 0 radical (unpaired) electrons. The molecule has 1 aliphatic heterocycles. The summed E-state index contributed by atoms with van der Waals surface area (Å²) in [6, 6.07) is 4.93. The number of methoxy groups -OCH3 is 3. The van der Waals surface area contributed by atoms with E-state index in [1.807, 2.05) is 6.07 Å². The van der Waals surface area contributed by atoms with Gasteiger partial charge in [-0.2, -0.15) is 0 Å². The van der Waals surface area contributed by atoms with Crippen LogP contribution in [0.25, 0.3) is 0 Å². The summed E-state index contributed by atoms with van der Waals surface area (Å²) >= 11 is 0. The standard InChI is InChI=1S/C19H28N2O7S/c1-26-10-9-21(15-7-11-29(24,25)13-15)19(23)18(22)20-8-6-14-4-5-16(27-2)17(12-14)28-3/h4-5,12,15H,6-11,13H2,1-3H3,(H,20,22). The number of rotatable bonds is 9. The fourth-order valence-corrected chi connectivity index (χ4v) is 4.95. The van der Waals surface area contributed by atoms with Crippen LogP contribution < -0.4 is 14.8 Å². The molecule has 1 aromatic rings. The number of hydrogen-bond donors (Lipinski definition) is 1. The molecule has 9 nitrogen and oxygen atoms in total. The fourth-order valence-electron chi connectivity index (χ4n) is 3.22. The zero-order chi connectivity index (χ0) is 21.4. The number of ether oxygens (including phenoxy) is 3. The maximum absolute atomic E-state index is 12.6. The van der Waals surface area contributed by atoms with Crippen molar-refractivity contribution in [3.63, 3.8) is 0 Å². The Morgan fingerprint density at radius 2 is 1.90 bits per heavy atom. The van der Waals surface area contributed by atoms with Gasteiger partial charge in [0, 0.05) is 26.2 Å². The van der Waals surface area contributed by atoms with E-state index in [-0.39, 0.29) is 31.2 Å². The summed E-state index contributed by atoms with van der Waals surface area (Å²) in [6.07, 6.45) is 0.825. The predicted molar refractivity (Wildman–Crippen MR) is 107 cm³/mol. The van der Waals surface area contributed by atoms with Gasteiger partial charge in [0.25, 0.3) is 0 Å². The first-order valence-electron chi connectivity index (χ1n) is 9.30. The van der Waals surface area contributed by atoms with Crippen molar-refractivity contribution in [3.05, 3.63) is 23.8 Å². The first kappa shape index (κ1) is 23.0. The quantitative estimate of drug-likeness (QED) is 0.552. The van der Waals surface area contributed by atoms with Gasteiger partial charge in [0.15, 0.2) is 21.3 Å². The van der Waals surface area contributed by atoms with Crippen molar-refractivity contribution in [1.29, 1.82) is 0 Å². The third-order valence-corrected chi connectivity index (χ3v) is 6.54.